The van der Waals surface area contributed by atoms with Gasteiger partial charge in [0, 0.05) is 13.1 Å². The molecular formula is C16H19NO5S. The van der Waals surface area contributed by atoms with Gasteiger partial charge in [0.25, 0.3) is 10.1 Å². The Morgan fingerprint density at radius 1 is 1.13 bits per heavy atom. The first-order chi connectivity index (χ1) is 10.9. The minimum absolute atomic E-state index is 0.0962. The lowest BCUT2D eigenvalue weighted by atomic mass is 10.1. The number of rotatable bonds is 4. The molecule has 6 nitrogen and oxygen atoms in total. The second kappa shape index (κ2) is 6.45. The van der Waals surface area contributed by atoms with E-state index in [2.05, 4.69) is 4.90 Å². The molecule has 0 aliphatic carbocycles. The minimum atomic E-state index is -4.21. The van der Waals surface area contributed by atoms with E-state index in [-0.39, 0.29) is 11.1 Å². The van der Waals surface area contributed by atoms with Gasteiger partial charge < -0.3 is 9.47 Å². The molecule has 1 unspecified atom stereocenters. The Morgan fingerprint density at radius 2 is 1.83 bits per heavy atom. The van der Waals surface area contributed by atoms with Gasteiger partial charge in [-0.2, -0.15) is 8.42 Å². The lowest BCUT2D eigenvalue weighted by Crippen LogP contribution is -2.44. The molecule has 1 saturated heterocycles. The quantitative estimate of drug-likeness (QED) is 0.862. The summed E-state index contributed by atoms with van der Waals surface area (Å²) in [5.74, 6) is 0.656. The van der Waals surface area contributed by atoms with Crippen molar-refractivity contribution in [2.45, 2.75) is 18.0 Å². The van der Waals surface area contributed by atoms with Gasteiger partial charge in [0.2, 0.25) is 0 Å². The monoisotopic (exact) mass is 337 g/mol. The second-order valence-corrected chi connectivity index (χ2v) is 6.93. The fourth-order valence-corrected chi connectivity index (χ4v) is 3.17. The van der Waals surface area contributed by atoms with Crippen LogP contribution >= 0.6 is 0 Å². The van der Waals surface area contributed by atoms with Gasteiger partial charge in [0.05, 0.1) is 18.1 Å². The average molecular weight is 337 g/mol. The van der Waals surface area contributed by atoms with Crippen LogP contribution in [0.1, 0.15) is 6.92 Å². The summed E-state index contributed by atoms with van der Waals surface area (Å²) in [6.45, 7) is 5.01. The number of nitrogens with zero attached hydrogens (tertiary/aromatic N) is 1. The van der Waals surface area contributed by atoms with E-state index in [1.165, 1.54) is 12.1 Å². The molecule has 1 fully saturated rings. The number of fused-ring (bicyclic) bond motifs is 1. The molecule has 0 amide bonds. The van der Waals surface area contributed by atoms with Crippen LogP contribution < -0.4 is 4.74 Å². The van der Waals surface area contributed by atoms with Gasteiger partial charge in [-0.15, -0.1) is 0 Å². The van der Waals surface area contributed by atoms with Crippen LogP contribution in [0.3, 0.4) is 0 Å². The van der Waals surface area contributed by atoms with Crippen molar-refractivity contribution in [3.05, 3.63) is 36.4 Å². The van der Waals surface area contributed by atoms with Crippen LogP contribution in [-0.2, 0) is 14.9 Å². The molecule has 7 heteroatoms. The van der Waals surface area contributed by atoms with E-state index in [1.54, 1.807) is 12.1 Å². The van der Waals surface area contributed by atoms with Crippen molar-refractivity contribution in [3.63, 3.8) is 0 Å². The van der Waals surface area contributed by atoms with E-state index in [4.69, 9.17) is 14.0 Å². The molecule has 2 aromatic carbocycles. The Hall–Kier alpha value is -1.67. The van der Waals surface area contributed by atoms with Crippen LogP contribution in [0.4, 0.5) is 0 Å². The van der Waals surface area contributed by atoms with Gasteiger partial charge in [0.1, 0.15) is 12.0 Å². The fourth-order valence-electron chi connectivity index (χ4n) is 2.65. The van der Waals surface area contributed by atoms with E-state index < -0.39 is 10.1 Å². The summed E-state index contributed by atoms with van der Waals surface area (Å²) in [5.41, 5.74) is 0. The van der Waals surface area contributed by atoms with E-state index >= 15 is 0 Å². The van der Waals surface area contributed by atoms with Crippen LogP contribution in [-0.4, -0.2) is 50.4 Å². The van der Waals surface area contributed by atoms with Crippen molar-refractivity contribution in [2.75, 3.05) is 26.3 Å². The van der Waals surface area contributed by atoms with Crippen molar-refractivity contribution in [1.29, 1.82) is 0 Å². The number of morpholine rings is 1. The summed E-state index contributed by atoms with van der Waals surface area (Å²) in [6, 6.07) is 9.98. The normalized spacial score (nSPS) is 18.0. The van der Waals surface area contributed by atoms with Gasteiger partial charge in [-0.1, -0.05) is 12.1 Å². The zero-order valence-electron chi connectivity index (χ0n) is 12.8. The molecule has 3 rings (SSSR count). The minimum Gasteiger partial charge on any atom is -0.475 e. The fraction of sp³-hybridized carbons (Fsp3) is 0.375. The predicted molar refractivity (Wildman–Crippen MR) is 86.2 cm³/mol. The zero-order valence-corrected chi connectivity index (χ0v) is 13.6. The lowest BCUT2D eigenvalue weighted by molar-refractivity contribution is -0.0372. The van der Waals surface area contributed by atoms with Crippen molar-refractivity contribution in [2.24, 2.45) is 0 Å². The molecule has 1 aliphatic rings. The molecule has 2 aromatic rings. The van der Waals surface area contributed by atoms with E-state index in [9.17, 15) is 8.42 Å². The van der Waals surface area contributed by atoms with Crippen LogP contribution in [0.15, 0.2) is 41.3 Å². The highest BCUT2D eigenvalue weighted by atomic mass is 32.2. The van der Waals surface area contributed by atoms with Gasteiger partial charge in [-0.25, -0.2) is 0 Å². The maximum Gasteiger partial charge on any atom is 0.294 e. The smallest absolute Gasteiger partial charge is 0.294 e. The summed E-state index contributed by atoms with van der Waals surface area (Å²) in [5, 5.41) is 1.58. The SMILES string of the molecule is CC(Oc1ccc2ccc(S(=O)(=O)O)cc2c1)N1CCOCC1. The summed E-state index contributed by atoms with van der Waals surface area (Å²) >= 11 is 0. The Labute approximate surface area is 135 Å². The Kier molecular flexibility index (Phi) is 4.54. The third-order valence-corrected chi connectivity index (χ3v) is 4.80. The van der Waals surface area contributed by atoms with E-state index in [0.717, 1.165) is 18.5 Å². The summed E-state index contributed by atoms with van der Waals surface area (Å²) in [7, 11) is -4.21. The van der Waals surface area contributed by atoms with Gasteiger partial charge >= 0.3 is 0 Å². The maximum absolute atomic E-state index is 11.3. The molecule has 124 valence electrons. The Balaban J connectivity index is 1.83. The Bertz CT molecular complexity index is 799. The van der Waals surface area contributed by atoms with Gasteiger partial charge in [-0.05, 0) is 42.0 Å². The van der Waals surface area contributed by atoms with Crippen molar-refractivity contribution < 1.29 is 22.4 Å². The van der Waals surface area contributed by atoms with E-state index in [0.29, 0.717) is 24.3 Å². The number of hydrogen-bond donors (Lipinski definition) is 1. The molecule has 0 aromatic heterocycles. The number of hydrogen-bond acceptors (Lipinski definition) is 5. The zero-order chi connectivity index (χ0) is 16.4. The van der Waals surface area contributed by atoms with Crippen LogP contribution in [0, 0.1) is 0 Å². The van der Waals surface area contributed by atoms with Gasteiger partial charge in [0.15, 0.2) is 0 Å². The van der Waals surface area contributed by atoms with Crippen LogP contribution in [0.2, 0.25) is 0 Å². The van der Waals surface area contributed by atoms with Crippen molar-refractivity contribution in [3.8, 4) is 5.75 Å². The van der Waals surface area contributed by atoms with Crippen LogP contribution in [0.25, 0.3) is 10.8 Å². The summed E-state index contributed by atoms with van der Waals surface area (Å²) in [4.78, 5) is 2.06. The first kappa shape index (κ1) is 16.2. The van der Waals surface area contributed by atoms with Crippen molar-refractivity contribution >= 4 is 20.9 Å². The highest BCUT2D eigenvalue weighted by molar-refractivity contribution is 7.85. The molecule has 0 bridgehead atoms. The summed E-state index contributed by atoms with van der Waals surface area (Å²) < 4.78 is 42.9. The maximum atomic E-state index is 11.3. The van der Waals surface area contributed by atoms with Gasteiger partial charge in [-0.3, -0.25) is 9.45 Å². The lowest BCUT2D eigenvalue weighted by Gasteiger charge is -2.32. The number of ether oxygens (including phenoxy) is 2. The first-order valence-electron chi connectivity index (χ1n) is 7.43. The highest BCUT2D eigenvalue weighted by Crippen LogP contribution is 2.25. The average Bonchev–Trinajstić information content (AvgIpc) is 2.54. The van der Waals surface area contributed by atoms with E-state index in [1.807, 2.05) is 19.1 Å². The summed E-state index contributed by atoms with van der Waals surface area (Å²) in [6.07, 6.45) is -0.0962. The topological polar surface area (TPSA) is 76.1 Å². The van der Waals surface area contributed by atoms with Crippen molar-refractivity contribution in [1.82, 2.24) is 4.90 Å². The largest absolute Gasteiger partial charge is 0.475 e. The number of benzene rings is 2. The molecule has 1 aliphatic heterocycles. The third kappa shape index (κ3) is 3.81. The Morgan fingerprint density at radius 3 is 2.52 bits per heavy atom. The molecule has 0 spiro atoms. The molecule has 1 heterocycles. The molecule has 0 radical (unpaired) electrons. The standard InChI is InChI=1S/C16H19NO5S/c1-12(17-6-8-21-9-7-17)22-15-4-2-13-3-5-16(23(18,19)20)11-14(13)10-15/h2-5,10-12H,6-9H2,1H3,(H,18,19,20). The highest BCUT2D eigenvalue weighted by Gasteiger charge is 2.18. The molecule has 1 atom stereocenters. The molecule has 0 saturated carbocycles. The molecular weight excluding hydrogens is 318 g/mol. The molecule has 1 N–H and O–H groups in total. The second-order valence-electron chi connectivity index (χ2n) is 5.51. The first-order valence-corrected chi connectivity index (χ1v) is 8.87. The molecule has 23 heavy (non-hydrogen) atoms. The predicted octanol–water partition coefficient (Wildman–Crippen LogP) is 2.14. The third-order valence-electron chi connectivity index (χ3n) is 3.95. The van der Waals surface area contributed by atoms with Crippen LogP contribution in [0.5, 0.6) is 5.75 Å².